The van der Waals surface area contributed by atoms with E-state index in [4.69, 9.17) is 4.74 Å². The van der Waals surface area contributed by atoms with E-state index in [2.05, 4.69) is 67.4 Å². The molecule has 168 valence electrons. The van der Waals surface area contributed by atoms with Crippen LogP contribution in [-0.2, 0) is 4.74 Å². The smallest absolute Gasteiger partial charge is 0.322 e. The highest BCUT2D eigenvalue weighted by atomic mass is 79.9. The number of hydrogen-bond donors (Lipinski definition) is 1. The van der Waals surface area contributed by atoms with E-state index in [1.165, 1.54) is 11.4 Å². The van der Waals surface area contributed by atoms with Gasteiger partial charge in [-0.25, -0.2) is 4.79 Å². The fourth-order valence-electron chi connectivity index (χ4n) is 3.71. The molecule has 31 heavy (non-hydrogen) atoms. The molecule has 0 spiro atoms. The standard InChI is InChI=1S/C24H33BrN4O2/c1-18(2)29(17-19(3)31-4)24(30)26-21-7-11-23(12-8-21)28-15-13-27(14-16-28)22-9-5-20(25)6-10-22/h5-12,18-19H,13-17H2,1-4H3,(H,26,30). The number of urea groups is 1. The van der Waals surface area contributed by atoms with Crippen LogP contribution in [0.4, 0.5) is 21.9 Å². The minimum atomic E-state index is -0.102. The summed E-state index contributed by atoms with van der Waals surface area (Å²) in [6.07, 6.45) is -0.00778. The van der Waals surface area contributed by atoms with E-state index in [9.17, 15) is 4.79 Å². The predicted molar refractivity (Wildman–Crippen MR) is 132 cm³/mol. The number of benzene rings is 2. The molecule has 0 aromatic heterocycles. The minimum absolute atomic E-state index is 0.00778. The van der Waals surface area contributed by atoms with Crippen LogP contribution in [0, 0.1) is 0 Å². The van der Waals surface area contributed by atoms with Crippen molar-refractivity contribution in [3.8, 4) is 0 Å². The molecule has 2 aromatic rings. The maximum Gasteiger partial charge on any atom is 0.322 e. The molecule has 0 aliphatic carbocycles. The third-order valence-electron chi connectivity index (χ3n) is 5.70. The summed E-state index contributed by atoms with van der Waals surface area (Å²) in [4.78, 5) is 19.3. The molecule has 1 heterocycles. The van der Waals surface area contributed by atoms with Crippen molar-refractivity contribution in [1.82, 2.24) is 4.90 Å². The number of nitrogens with zero attached hydrogens (tertiary/aromatic N) is 3. The molecule has 1 fully saturated rings. The van der Waals surface area contributed by atoms with Crippen molar-refractivity contribution < 1.29 is 9.53 Å². The molecule has 0 saturated carbocycles. The van der Waals surface area contributed by atoms with Gasteiger partial charge in [0.05, 0.1) is 6.10 Å². The van der Waals surface area contributed by atoms with Crippen molar-refractivity contribution in [3.63, 3.8) is 0 Å². The summed E-state index contributed by atoms with van der Waals surface area (Å²) in [5, 5.41) is 3.02. The highest BCUT2D eigenvalue weighted by molar-refractivity contribution is 9.10. The first kappa shape index (κ1) is 23.4. The van der Waals surface area contributed by atoms with Gasteiger partial charge in [0.15, 0.2) is 0 Å². The number of rotatable bonds is 7. The summed E-state index contributed by atoms with van der Waals surface area (Å²) in [6, 6.07) is 16.6. The molecule has 2 amide bonds. The van der Waals surface area contributed by atoms with E-state index in [1.54, 1.807) is 12.0 Å². The fourth-order valence-corrected chi connectivity index (χ4v) is 3.97. The Hall–Kier alpha value is -2.25. The number of nitrogens with one attached hydrogen (secondary N) is 1. The monoisotopic (exact) mass is 488 g/mol. The number of anilines is 3. The van der Waals surface area contributed by atoms with Crippen molar-refractivity contribution in [2.75, 3.05) is 55.0 Å². The molecule has 6 nitrogen and oxygen atoms in total. The molecular weight excluding hydrogens is 456 g/mol. The maximum absolute atomic E-state index is 12.7. The first-order valence-corrected chi connectivity index (χ1v) is 11.6. The average Bonchev–Trinajstić information content (AvgIpc) is 2.78. The number of piperazine rings is 1. The zero-order valence-electron chi connectivity index (χ0n) is 18.8. The van der Waals surface area contributed by atoms with Crippen molar-refractivity contribution in [3.05, 3.63) is 53.0 Å². The quantitative estimate of drug-likeness (QED) is 0.591. The van der Waals surface area contributed by atoms with E-state index in [-0.39, 0.29) is 18.2 Å². The summed E-state index contributed by atoms with van der Waals surface area (Å²) in [7, 11) is 1.67. The number of ether oxygens (including phenoxy) is 1. The van der Waals surface area contributed by atoms with Crippen LogP contribution in [-0.4, -0.2) is 62.9 Å². The summed E-state index contributed by atoms with van der Waals surface area (Å²) >= 11 is 3.50. The van der Waals surface area contributed by atoms with Gasteiger partial charge >= 0.3 is 6.03 Å². The topological polar surface area (TPSA) is 48.1 Å². The van der Waals surface area contributed by atoms with E-state index in [0.717, 1.165) is 36.3 Å². The van der Waals surface area contributed by atoms with Crippen LogP contribution in [0.1, 0.15) is 20.8 Å². The first-order valence-electron chi connectivity index (χ1n) is 10.8. The molecule has 1 aliphatic rings. The molecule has 7 heteroatoms. The lowest BCUT2D eigenvalue weighted by molar-refractivity contribution is 0.0802. The number of hydrogen-bond acceptors (Lipinski definition) is 4. The van der Waals surface area contributed by atoms with Crippen LogP contribution in [0.15, 0.2) is 53.0 Å². The van der Waals surface area contributed by atoms with Crippen LogP contribution < -0.4 is 15.1 Å². The van der Waals surface area contributed by atoms with Gasteiger partial charge in [0.25, 0.3) is 0 Å². The van der Waals surface area contributed by atoms with E-state index in [0.29, 0.717) is 6.54 Å². The van der Waals surface area contributed by atoms with Crippen LogP contribution in [0.25, 0.3) is 0 Å². The van der Waals surface area contributed by atoms with Gasteiger partial charge in [0, 0.05) is 67.4 Å². The zero-order chi connectivity index (χ0) is 22.4. The third-order valence-corrected chi connectivity index (χ3v) is 6.22. The predicted octanol–water partition coefficient (Wildman–Crippen LogP) is 5.05. The molecule has 2 aromatic carbocycles. The van der Waals surface area contributed by atoms with Crippen molar-refractivity contribution in [1.29, 1.82) is 0 Å². The lowest BCUT2D eigenvalue weighted by Gasteiger charge is -2.37. The summed E-state index contributed by atoms with van der Waals surface area (Å²) in [5.74, 6) is 0. The van der Waals surface area contributed by atoms with Crippen LogP contribution >= 0.6 is 15.9 Å². The Labute approximate surface area is 194 Å². The van der Waals surface area contributed by atoms with Crippen molar-refractivity contribution in [2.45, 2.75) is 32.9 Å². The SMILES string of the molecule is COC(C)CN(C(=O)Nc1ccc(N2CCN(c3ccc(Br)cc3)CC2)cc1)C(C)C. The molecule has 1 aliphatic heterocycles. The summed E-state index contributed by atoms with van der Waals surface area (Å²) < 4.78 is 6.43. The van der Waals surface area contributed by atoms with Crippen LogP contribution in [0.2, 0.25) is 0 Å². The van der Waals surface area contributed by atoms with Gasteiger partial charge in [0.1, 0.15) is 0 Å². The van der Waals surface area contributed by atoms with Crippen LogP contribution in [0.3, 0.4) is 0 Å². The highest BCUT2D eigenvalue weighted by Crippen LogP contribution is 2.23. The minimum Gasteiger partial charge on any atom is -0.380 e. The molecule has 0 bridgehead atoms. The van der Waals surface area contributed by atoms with Crippen molar-refractivity contribution >= 4 is 39.0 Å². The number of carbonyl (C=O) groups is 1. The molecule has 1 saturated heterocycles. The number of methoxy groups -OCH3 is 1. The van der Waals surface area contributed by atoms with E-state index < -0.39 is 0 Å². The van der Waals surface area contributed by atoms with Gasteiger partial charge in [-0.05, 0) is 69.3 Å². The Balaban J connectivity index is 1.55. The van der Waals surface area contributed by atoms with Gasteiger partial charge in [-0.2, -0.15) is 0 Å². The highest BCUT2D eigenvalue weighted by Gasteiger charge is 2.20. The van der Waals surface area contributed by atoms with Crippen molar-refractivity contribution in [2.24, 2.45) is 0 Å². The largest absolute Gasteiger partial charge is 0.380 e. The van der Waals surface area contributed by atoms with Gasteiger partial charge in [0.2, 0.25) is 0 Å². The first-order chi connectivity index (χ1) is 14.9. The number of carbonyl (C=O) groups excluding carboxylic acids is 1. The second-order valence-electron chi connectivity index (χ2n) is 8.22. The Morgan fingerprint density at radius 1 is 0.968 bits per heavy atom. The second kappa shape index (κ2) is 10.9. The summed E-state index contributed by atoms with van der Waals surface area (Å²) in [5.41, 5.74) is 3.25. The molecule has 3 rings (SSSR count). The van der Waals surface area contributed by atoms with Gasteiger partial charge in [-0.15, -0.1) is 0 Å². The average molecular weight is 489 g/mol. The Morgan fingerprint density at radius 3 is 1.90 bits per heavy atom. The van der Waals surface area contributed by atoms with Gasteiger partial charge in [-0.3, -0.25) is 0 Å². The fraction of sp³-hybridized carbons (Fsp3) is 0.458. The van der Waals surface area contributed by atoms with E-state index >= 15 is 0 Å². The Morgan fingerprint density at radius 2 is 1.45 bits per heavy atom. The van der Waals surface area contributed by atoms with Gasteiger partial charge < -0.3 is 24.8 Å². The molecule has 1 atom stereocenters. The number of halogens is 1. The Kier molecular flexibility index (Phi) is 8.21. The van der Waals surface area contributed by atoms with E-state index in [1.807, 2.05) is 32.9 Å². The third kappa shape index (κ3) is 6.37. The normalized spacial score (nSPS) is 15.2. The Bertz CT molecular complexity index is 834. The molecule has 0 radical (unpaired) electrons. The molecule has 1 unspecified atom stereocenters. The summed E-state index contributed by atoms with van der Waals surface area (Å²) in [6.45, 7) is 10.5. The molecular formula is C24H33BrN4O2. The lowest BCUT2D eigenvalue weighted by atomic mass is 10.2. The lowest BCUT2D eigenvalue weighted by Crippen LogP contribution is -2.46. The second-order valence-corrected chi connectivity index (χ2v) is 9.14. The molecule has 1 N–H and O–H groups in total. The zero-order valence-corrected chi connectivity index (χ0v) is 20.4. The van der Waals surface area contributed by atoms with Gasteiger partial charge in [-0.1, -0.05) is 15.9 Å². The van der Waals surface area contributed by atoms with Crippen LogP contribution in [0.5, 0.6) is 0 Å². The maximum atomic E-state index is 12.7. The number of amides is 2.